The van der Waals surface area contributed by atoms with Crippen LogP contribution in [-0.2, 0) is 11.2 Å². The zero-order valence-corrected chi connectivity index (χ0v) is 18.0. The minimum Gasteiger partial charge on any atom is -0.496 e. The summed E-state index contributed by atoms with van der Waals surface area (Å²) in [5.41, 5.74) is 3.28. The van der Waals surface area contributed by atoms with Crippen LogP contribution in [0.4, 0.5) is 0 Å². The van der Waals surface area contributed by atoms with Gasteiger partial charge in [-0.25, -0.2) is 0 Å². The average molecular weight is 412 g/mol. The number of aromatic amines is 1. The molecule has 2 N–H and O–H groups in total. The van der Waals surface area contributed by atoms with Crippen molar-refractivity contribution >= 4 is 17.6 Å². The normalized spacial score (nSPS) is 14.5. The maximum absolute atomic E-state index is 12.7. The zero-order valence-electron chi connectivity index (χ0n) is 18.0. The van der Waals surface area contributed by atoms with Crippen LogP contribution in [-0.4, -0.2) is 53.7 Å². The van der Waals surface area contributed by atoms with Gasteiger partial charge in [-0.15, -0.1) is 0 Å². The van der Waals surface area contributed by atoms with E-state index < -0.39 is 0 Å². The van der Waals surface area contributed by atoms with Crippen molar-refractivity contribution in [2.24, 2.45) is 0 Å². The Bertz CT molecular complexity index is 955. The number of aromatic nitrogens is 1. The Kier molecular flexibility index (Phi) is 6.59. The van der Waals surface area contributed by atoms with Gasteiger partial charge in [0.05, 0.1) is 13.5 Å². The van der Waals surface area contributed by atoms with Gasteiger partial charge in [-0.1, -0.05) is 18.2 Å². The van der Waals surface area contributed by atoms with E-state index in [0.717, 1.165) is 11.3 Å². The summed E-state index contributed by atoms with van der Waals surface area (Å²) in [7, 11) is 1.60. The summed E-state index contributed by atoms with van der Waals surface area (Å²) < 4.78 is 5.33. The number of methoxy groups -OCH3 is 1. The third-order valence-electron chi connectivity index (χ3n) is 5.73. The molecular weight excluding hydrogens is 382 g/mol. The number of aryl methyl sites for hydroxylation is 1. The monoisotopic (exact) mass is 411 g/mol. The SMILES string of the molecule is COc1ccccc1CC(=O)N1CCC(NC(=O)c2[nH]c(C)c(C(C)=O)c2C)CC1. The van der Waals surface area contributed by atoms with Gasteiger partial charge in [0.25, 0.3) is 5.91 Å². The maximum Gasteiger partial charge on any atom is 0.268 e. The molecule has 1 aliphatic rings. The van der Waals surface area contributed by atoms with Gasteiger partial charge in [-0.05, 0) is 45.2 Å². The molecule has 0 unspecified atom stereocenters. The number of Topliss-reactive ketones (excluding diaryl/α,β-unsaturated/α-hetero) is 1. The first kappa shape index (κ1) is 21.6. The number of ketones is 1. The first-order chi connectivity index (χ1) is 14.3. The van der Waals surface area contributed by atoms with Crippen LogP contribution in [0.5, 0.6) is 5.75 Å². The minimum atomic E-state index is -0.207. The Hall–Kier alpha value is -3.09. The fourth-order valence-corrected chi connectivity index (χ4v) is 4.16. The van der Waals surface area contributed by atoms with E-state index in [1.165, 1.54) is 6.92 Å². The van der Waals surface area contributed by atoms with Crippen LogP contribution >= 0.6 is 0 Å². The molecular formula is C23H29N3O4. The topological polar surface area (TPSA) is 91.5 Å². The van der Waals surface area contributed by atoms with Crippen molar-refractivity contribution in [2.75, 3.05) is 20.2 Å². The summed E-state index contributed by atoms with van der Waals surface area (Å²) >= 11 is 0. The highest BCUT2D eigenvalue weighted by Crippen LogP contribution is 2.21. The Morgan fingerprint density at radius 3 is 2.43 bits per heavy atom. The molecule has 1 aromatic heterocycles. The summed E-state index contributed by atoms with van der Waals surface area (Å²) in [4.78, 5) is 42.0. The number of nitrogens with zero attached hydrogens (tertiary/aromatic N) is 1. The van der Waals surface area contributed by atoms with Gasteiger partial charge in [0.15, 0.2) is 5.78 Å². The molecule has 0 aliphatic carbocycles. The summed E-state index contributed by atoms with van der Waals surface area (Å²) in [6.45, 7) is 6.28. The van der Waals surface area contributed by atoms with E-state index in [2.05, 4.69) is 10.3 Å². The Morgan fingerprint density at radius 2 is 1.83 bits per heavy atom. The van der Waals surface area contributed by atoms with Crippen molar-refractivity contribution in [2.45, 2.75) is 46.1 Å². The van der Waals surface area contributed by atoms with E-state index in [9.17, 15) is 14.4 Å². The fourth-order valence-electron chi connectivity index (χ4n) is 4.16. The number of likely N-dealkylation sites (tertiary alicyclic amines) is 1. The van der Waals surface area contributed by atoms with E-state index in [4.69, 9.17) is 4.74 Å². The molecule has 3 rings (SSSR count). The molecule has 30 heavy (non-hydrogen) atoms. The molecule has 0 atom stereocenters. The molecule has 0 spiro atoms. The van der Waals surface area contributed by atoms with Crippen LogP contribution in [0.25, 0.3) is 0 Å². The van der Waals surface area contributed by atoms with Crippen molar-refractivity contribution < 1.29 is 19.1 Å². The van der Waals surface area contributed by atoms with Crippen molar-refractivity contribution in [3.05, 3.63) is 52.3 Å². The van der Waals surface area contributed by atoms with Crippen LogP contribution in [0.1, 0.15) is 57.4 Å². The predicted molar refractivity (Wildman–Crippen MR) is 114 cm³/mol. The summed E-state index contributed by atoms with van der Waals surface area (Å²) in [5, 5.41) is 3.04. The number of ether oxygens (including phenoxy) is 1. The Balaban J connectivity index is 1.56. The molecule has 1 fully saturated rings. The number of carbonyl (C=O) groups excluding carboxylic acids is 3. The summed E-state index contributed by atoms with van der Waals surface area (Å²) in [6.07, 6.45) is 1.69. The van der Waals surface area contributed by atoms with Crippen LogP contribution in [0.15, 0.2) is 24.3 Å². The van der Waals surface area contributed by atoms with Gasteiger partial charge >= 0.3 is 0 Å². The molecule has 1 aliphatic heterocycles. The van der Waals surface area contributed by atoms with Gasteiger partial charge in [0.2, 0.25) is 5.91 Å². The van der Waals surface area contributed by atoms with Gasteiger partial charge in [0.1, 0.15) is 11.4 Å². The largest absolute Gasteiger partial charge is 0.496 e. The molecule has 7 nitrogen and oxygen atoms in total. The lowest BCUT2D eigenvalue weighted by atomic mass is 10.0. The van der Waals surface area contributed by atoms with Crippen molar-refractivity contribution in [1.29, 1.82) is 0 Å². The van der Waals surface area contributed by atoms with Crippen LogP contribution < -0.4 is 10.1 Å². The maximum atomic E-state index is 12.7. The number of piperidine rings is 1. The highest BCUT2D eigenvalue weighted by atomic mass is 16.5. The predicted octanol–water partition coefficient (Wildman–Crippen LogP) is 2.81. The first-order valence-electron chi connectivity index (χ1n) is 10.2. The lowest BCUT2D eigenvalue weighted by Crippen LogP contribution is -2.47. The molecule has 0 radical (unpaired) electrons. The second-order valence-electron chi connectivity index (χ2n) is 7.80. The highest BCUT2D eigenvalue weighted by Gasteiger charge is 2.26. The molecule has 2 heterocycles. The smallest absolute Gasteiger partial charge is 0.268 e. The third kappa shape index (κ3) is 4.56. The van der Waals surface area contributed by atoms with E-state index in [0.29, 0.717) is 54.9 Å². The molecule has 0 saturated carbocycles. The Labute approximate surface area is 176 Å². The quantitative estimate of drug-likeness (QED) is 0.715. The summed E-state index contributed by atoms with van der Waals surface area (Å²) in [5.74, 6) is 0.518. The second kappa shape index (κ2) is 9.15. The summed E-state index contributed by atoms with van der Waals surface area (Å²) in [6, 6.07) is 7.53. The second-order valence-corrected chi connectivity index (χ2v) is 7.80. The van der Waals surface area contributed by atoms with E-state index >= 15 is 0 Å². The number of H-pyrrole nitrogens is 1. The van der Waals surface area contributed by atoms with Crippen molar-refractivity contribution in [1.82, 2.24) is 15.2 Å². The van der Waals surface area contributed by atoms with Crippen LogP contribution in [0, 0.1) is 13.8 Å². The number of nitrogens with one attached hydrogen (secondary N) is 2. The van der Waals surface area contributed by atoms with Crippen LogP contribution in [0.3, 0.4) is 0 Å². The highest BCUT2D eigenvalue weighted by molar-refractivity contribution is 6.02. The molecule has 7 heteroatoms. The molecule has 0 bridgehead atoms. The zero-order chi connectivity index (χ0) is 21.8. The van der Waals surface area contributed by atoms with Gasteiger partial charge in [0, 0.05) is 36.0 Å². The number of para-hydroxylation sites is 1. The number of amides is 2. The molecule has 2 aromatic rings. The lowest BCUT2D eigenvalue weighted by molar-refractivity contribution is -0.131. The fraction of sp³-hybridized carbons (Fsp3) is 0.435. The van der Waals surface area contributed by atoms with E-state index in [1.807, 2.05) is 29.2 Å². The standard InChI is InChI=1S/C23H29N3O4/c1-14-21(16(3)27)15(2)24-22(14)23(29)25-18-9-11-26(12-10-18)20(28)13-17-7-5-6-8-19(17)30-4/h5-8,18,24H,9-13H2,1-4H3,(H,25,29). The molecule has 160 valence electrons. The van der Waals surface area contributed by atoms with E-state index in [1.54, 1.807) is 21.0 Å². The van der Waals surface area contributed by atoms with Gasteiger partial charge < -0.3 is 19.9 Å². The molecule has 1 saturated heterocycles. The first-order valence-corrected chi connectivity index (χ1v) is 10.2. The number of hydrogen-bond acceptors (Lipinski definition) is 4. The van der Waals surface area contributed by atoms with Gasteiger partial charge in [-0.3, -0.25) is 14.4 Å². The molecule has 1 aromatic carbocycles. The number of rotatable bonds is 6. The number of hydrogen-bond donors (Lipinski definition) is 2. The molecule has 2 amide bonds. The van der Waals surface area contributed by atoms with Crippen LogP contribution in [0.2, 0.25) is 0 Å². The lowest BCUT2D eigenvalue weighted by Gasteiger charge is -2.32. The minimum absolute atomic E-state index is 0.00315. The van der Waals surface area contributed by atoms with Crippen molar-refractivity contribution in [3.8, 4) is 5.75 Å². The Morgan fingerprint density at radius 1 is 1.17 bits per heavy atom. The third-order valence-corrected chi connectivity index (χ3v) is 5.73. The number of carbonyl (C=O) groups is 3. The number of benzene rings is 1. The van der Waals surface area contributed by atoms with Gasteiger partial charge in [-0.2, -0.15) is 0 Å². The van der Waals surface area contributed by atoms with Crippen molar-refractivity contribution in [3.63, 3.8) is 0 Å². The van der Waals surface area contributed by atoms with E-state index in [-0.39, 0.29) is 23.6 Å². The average Bonchev–Trinajstić information content (AvgIpc) is 3.03.